The first-order chi connectivity index (χ1) is 8.12. The molecule has 0 radical (unpaired) electrons. The topological polar surface area (TPSA) is 76.7 Å². The summed E-state index contributed by atoms with van der Waals surface area (Å²) in [6.07, 6.45) is 0.674. The molecule has 1 rings (SSSR count). The second-order valence-electron chi connectivity index (χ2n) is 3.35. The Bertz CT molecular complexity index is 513. The number of halogens is 1. The van der Waals surface area contributed by atoms with Gasteiger partial charge in [-0.25, -0.2) is 0 Å². The molecular weight excluding hydrogens is 282 g/mol. The van der Waals surface area contributed by atoms with Crippen molar-refractivity contribution in [3.05, 3.63) is 29.3 Å². The molecule has 0 fully saturated rings. The number of benzene rings is 1. The number of nitrogens with one attached hydrogen (secondary N) is 1. The van der Waals surface area contributed by atoms with Crippen LogP contribution >= 0.6 is 15.9 Å². The van der Waals surface area contributed by atoms with Gasteiger partial charge in [0.15, 0.2) is 0 Å². The van der Waals surface area contributed by atoms with Crippen molar-refractivity contribution in [3.63, 3.8) is 0 Å². The third kappa shape index (κ3) is 3.30. The fourth-order valence-corrected chi connectivity index (χ4v) is 1.33. The van der Waals surface area contributed by atoms with Gasteiger partial charge in [-0.05, 0) is 24.6 Å². The lowest BCUT2D eigenvalue weighted by Gasteiger charge is -2.09. The molecule has 0 saturated carbocycles. The average Bonchev–Trinajstić information content (AvgIpc) is 2.37. The predicted molar refractivity (Wildman–Crippen MR) is 67.5 cm³/mol. The number of amides is 1. The Morgan fingerprint density at radius 1 is 1.41 bits per heavy atom. The summed E-state index contributed by atoms with van der Waals surface area (Å²) in [7, 11) is 0. The molecule has 0 aliphatic rings. The summed E-state index contributed by atoms with van der Waals surface area (Å²) in [4.78, 5) is 11.3. The number of rotatable bonds is 3. The van der Waals surface area contributed by atoms with Gasteiger partial charge < -0.3 is 5.32 Å². The minimum absolute atomic E-state index is 0.166. The van der Waals surface area contributed by atoms with Crippen LogP contribution < -0.4 is 5.32 Å². The van der Waals surface area contributed by atoms with E-state index in [-0.39, 0.29) is 16.3 Å². The monoisotopic (exact) mass is 291 g/mol. The first-order valence-electron chi connectivity index (χ1n) is 5.01. The van der Waals surface area contributed by atoms with Gasteiger partial charge in [0.25, 0.3) is 0 Å². The highest BCUT2D eigenvalue weighted by atomic mass is 79.9. The molecule has 0 aromatic heterocycles. The van der Waals surface area contributed by atoms with Crippen LogP contribution in [0.1, 0.15) is 24.5 Å². The Kier molecular flexibility index (Phi) is 4.68. The molecule has 1 aromatic rings. The maximum Gasteiger partial charge on any atom is 0.238 e. The van der Waals surface area contributed by atoms with Crippen LogP contribution in [-0.4, -0.2) is 10.7 Å². The molecule has 4 nitrogen and oxygen atoms in total. The summed E-state index contributed by atoms with van der Waals surface area (Å²) in [6, 6.07) is 8.45. The van der Waals surface area contributed by atoms with Crippen LogP contribution in [0.15, 0.2) is 18.2 Å². The van der Waals surface area contributed by atoms with Crippen LogP contribution in [0.25, 0.3) is 0 Å². The molecule has 1 N–H and O–H groups in total. The number of carbonyl (C=O) groups is 1. The standard InChI is InChI=1S/C12H10BrN3O/c1-2-11(13)12(17)16-10-4-3-8(6-14)9(5-10)7-15/h3-5,11H,2H2,1H3,(H,16,17). The minimum atomic E-state index is -0.260. The van der Waals surface area contributed by atoms with Gasteiger partial charge in [0.1, 0.15) is 12.1 Å². The van der Waals surface area contributed by atoms with Gasteiger partial charge in [-0.1, -0.05) is 22.9 Å². The molecule has 17 heavy (non-hydrogen) atoms. The Balaban J connectivity index is 2.92. The SMILES string of the molecule is CCC(Br)C(=O)Nc1ccc(C#N)c(C#N)c1. The molecule has 0 aliphatic heterocycles. The highest BCUT2D eigenvalue weighted by Gasteiger charge is 2.13. The Hall–Kier alpha value is -1.85. The number of carbonyl (C=O) groups excluding carboxylic acids is 1. The quantitative estimate of drug-likeness (QED) is 0.870. The number of nitriles is 2. The summed E-state index contributed by atoms with van der Waals surface area (Å²) in [6.45, 7) is 1.89. The zero-order chi connectivity index (χ0) is 12.8. The van der Waals surface area contributed by atoms with Crippen molar-refractivity contribution in [2.45, 2.75) is 18.2 Å². The summed E-state index contributed by atoms with van der Waals surface area (Å²) in [5.74, 6) is -0.166. The Labute approximate surface area is 108 Å². The highest BCUT2D eigenvalue weighted by Crippen LogP contribution is 2.16. The molecule has 0 heterocycles. The molecule has 0 aliphatic carbocycles. The number of alkyl halides is 1. The number of nitrogens with zero attached hydrogens (tertiary/aromatic N) is 2. The van der Waals surface area contributed by atoms with Gasteiger partial charge in [0.2, 0.25) is 5.91 Å². The lowest BCUT2D eigenvalue weighted by atomic mass is 10.1. The molecule has 1 aromatic carbocycles. The van der Waals surface area contributed by atoms with E-state index in [2.05, 4.69) is 21.2 Å². The lowest BCUT2D eigenvalue weighted by molar-refractivity contribution is -0.115. The van der Waals surface area contributed by atoms with E-state index in [9.17, 15) is 4.79 Å². The summed E-state index contributed by atoms with van der Waals surface area (Å²) >= 11 is 3.23. The van der Waals surface area contributed by atoms with Crippen LogP contribution in [-0.2, 0) is 4.79 Å². The van der Waals surface area contributed by atoms with E-state index < -0.39 is 0 Å². The van der Waals surface area contributed by atoms with Crippen molar-refractivity contribution in [1.29, 1.82) is 10.5 Å². The summed E-state index contributed by atoms with van der Waals surface area (Å²) < 4.78 is 0. The first-order valence-corrected chi connectivity index (χ1v) is 5.93. The molecule has 0 spiro atoms. The van der Waals surface area contributed by atoms with Gasteiger partial charge in [0.05, 0.1) is 16.0 Å². The van der Waals surface area contributed by atoms with E-state index in [0.29, 0.717) is 17.7 Å². The number of hydrogen-bond acceptors (Lipinski definition) is 3. The second kappa shape index (κ2) is 6.03. The molecule has 5 heteroatoms. The molecule has 1 unspecified atom stereocenters. The molecule has 1 atom stereocenters. The normalized spacial score (nSPS) is 11.1. The minimum Gasteiger partial charge on any atom is -0.325 e. The smallest absolute Gasteiger partial charge is 0.238 e. The number of hydrogen-bond donors (Lipinski definition) is 1. The van der Waals surface area contributed by atoms with Gasteiger partial charge in [0, 0.05) is 5.69 Å². The van der Waals surface area contributed by atoms with Crippen LogP contribution in [0, 0.1) is 22.7 Å². The maximum absolute atomic E-state index is 11.6. The van der Waals surface area contributed by atoms with E-state index in [4.69, 9.17) is 10.5 Å². The van der Waals surface area contributed by atoms with Crippen molar-refractivity contribution < 1.29 is 4.79 Å². The molecular formula is C12H10BrN3O. The van der Waals surface area contributed by atoms with Crippen molar-refractivity contribution in [2.75, 3.05) is 5.32 Å². The number of anilines is 1. The van der Waals surface area contributed by atoms with Crippen molar-refractivity contribution in [1.82, 2.24) is 0 Å². The predicted octanol–water partition coefficient (Wildman–Crippen LogP) is 2.54. The van der Waals surface area contributed by atoms with Crippen LogP contribution in [0.2, 0.25) is 0 Å². The van der Waals surface area contributed by atoms with Crippen molar-refractivity contribution in [3.8, 4) is 12.1 Å². The average molecular weight is 292 g/mol. The van der Waals surface area contributed by atoms with E-state index >= 15 is 0 Å². The van der Waals surface area contributed by atoms with Crippen molar-refractivity contribution in [2.24, 2.45) is 0 Å². The largest absolute Gasteiger partial charge is 0.325 e. The molecule has 0 bridgehead atoms. The third-order valence-electron chi connectivity index (χ3n) is 2.17. The van der Waals surface area contributed by atoms with E-state index in [1.54, 1.807) is 6.07 Å². The Morgan fingerprint density at radius 2 is 2.06 bits per heavy atom. The maximum atomic E-state index is 11.6. The summed E-state index contributed by atoms with van der Waals surface area (Å²) in [5, 5.41) is 20.3. The van der Waals surface area contributed by atoms with Gasteiger partial charge >= 0.3 is 0 Å². The van der Waals surface area contributed by atoms with Gasteiger partial charge in [-0.3, -0.25) is 4.79 Å². The van der Waals surface area contributed by atoms with E-state index in [1.165, 1.54) is 12.1 Å². The lowest BCUT2D eigenvalue weighted by Crippen LogP contribution is -2.22. The molecule has 0 saturated heterocycles. The summed E-state index contributed by atoms with van der Waals surface area (Å²) in [5.41, 5.74) is 1.08. The second-order valence-corrected chi connectivity index (χ2v) is 4.45. The van der Waals surface area contributed by atoms with Gasteiger partial charge in [-0.2, -0.15) is 10.5 Å². The van der Waals surface area contributed by atoms with Crippen molar-refractivity contribution >= 4 is 27.5 Å². The fraction of sp³-hybridized carbons (Fsp3) is 0.250. The molecule has 86 valence electrons. The fourth-order valence-electron chi connectivity index (χ4n) is 1.22. The van der Waals surface area contributed by atoms with Crippen LogP contribution in [0.3, 0.4) is 0 Å². The van der Waals surface area contributed by atoms with Crippen LogP contribution in [0.5, 0.6) is 0 Å². The first kappa shape index (κ1) is 13.2. The third-order valence-corrected chi connectivity index (χ3v) is 3.23. The zero-order valence-electron chi connectivity index (χ0n) is 9.20. The zero-order valence-corrected chi connectivity index (χ0v) is 10.8. The van der Waals surface area contributed by atoms with Gasteiger partial charge in [-0.15, -0.1) is 0 Å². The van der Waals surface area contributed by atoms with E-state index in [0.717, 1.165) is 0 Å². The Morgan fingerprint density at radius 3 is 2.59 bits per heavy atom. The highest BCUT2D eigenvalue weighted by molar-refractivity contribution is 9.10. The van der Waals surface area contributed by atoms with Crippen LogP contribution in [0.4, 0.5) is 5.69 Å². The van der Waals surface area contributed by atoms with E-state index in [1.807, 2.05) is 19.1 Å². The molecule has 1 amide bonds.